The normalized spacial score (nSPS) is 15.9. The van der Waals surface area contributed by atoms with Crippen LogP contribution in [0.1, 0.15) is 31.9 Å². The summed E-state index contributed by atoms with van der Waals surface area (Å²) >= 11 is 1.21. The molecule has 0 bridgehead atoms. The number of carbonyl (C=O) groups excluding carboxylic acids is 1. The summed E-state index contributed by atoms with van der Waals surface area (Å²) in [6.45, 7) is 6.49. The zero-order valence-corrected chi connectivity index (χ0v) is 17.9. The Morgan fingerprint density at radius 3 is 2.33 bits per heavy atom. The van der Waals surface area contributed by atoms with E-state index in [1.165, 1.54) is 21.4 Å². The Morgan fingerprint density at radius 2 is 1.67 bits per heavy atom. The molecule has 4 aromatic rings. The van der Waals surface area contributed by atoms with E-state index < -0.39 is 0 Å². The third kappa shape index (κ3) is 2.69. The molecule has 0 atom stereocenters. The highest BCUT2D eigenvalue weighted by Crippen LogP contribution is 2.34. The molecular weight excluding hydrogens is 396 g/mol. The van der Waals surface area contributed by atoms with Crippen molar-refractivity contribution < 1.29 is 4.79 Å². The van der Waals surface area contributed by atoms with E-state index in [1.807, 2.05) is 36.4 Å². The van der Waals surface area contributed by atoms with Gasteiger partial charge in [0.1, 0.15) is 4.53 Å². The first-order chi connectivity index (χ1) is 14.3. The predicted octanol–water partition coefficient (Wildman–Crippen LogP) is 3.01. The Labute approximate surface area is 177 Å². The van der Waals surface area contributed by atoms with E-state index in [1.54, 1.807) is 11.9 Å². The number of rotatable bonds is 1. The van der Waals surface area contributed by atoms with E-state index >= 15 is 0 Å². The van der Waals surface area contributed by atoms with Crippen LogP contribution in [-0.4, -0.2) is 27.6 Å². The van der Waals surface area contributed by atoms with Crippen LogP contribution in [0.15, 0.2) is 53.3 Å². The number of nitrogens with zero attached hydrogens (tertiary/aromatic N) is 4. The van der Waals surface area contributed by atoms with Gasteiger partial charge in [0, 0.05) is 18.2 Å². The second-order valence-electron chi connectivity index (χ2n) is 8.45. The molecule has 0 saturated carbocycles. The van der Waals surface area contributed by atoms with Gasteiger partial charge in [-0.25, -0.2) is 0 Å². The topological polar surface area (TPSA) is 67.6 Å². The molecular formula is C23H20N4O2S. The van der Waals surface area contributed by atoms with Crippen LogP contribution in [0.3, 0.4) is 0 Å². The van der Waals surface area contributed by atoms with Gasteiger partial charge in [0.15, 0.2) is 5.82 Å². The van der Waals surface area contributed by atoms with Crippen LogP contribution in [0.4, 0.5) is 5.69 Å². The highest BCUT2D eigenvalue weighted by Gasteiger charge is 2.31. The molecule has 30 heavy (non-hydrogen) atoms. The molecule has 0 unspecified atom stereocenters. The van der Waals surface area contributed by atoms with Crippen LogP contribution in [0, 0.1) is 0 Å². The summed E-state index contributed by atoms with van der Waals surface area (Å²) in [5.74, 6) is 0.321. The molecule has 1 aliphatic rings. The second kappa shape index (κ2) is 6.34. The van der Waals surface area contributed by atoms with Crippen molar-refractivity contribution in [2.24, 2.45) is 0 Å². The van der Waals surface area contributed by atoms with Crippen molar-refractivity contribution in [3.63, 3.8) is 0 Å². The van der Waals surface area contributed by atoms with Crippen molar-refractivity contribution in [2.75, 3.05) is 11.9 Å². The minimum Gasteiger partial charge on any atom is -0.311 e. The zero-order chi connectivity index (χ0) is 21.2. The number of amides is 1. The predicted molar refractivity (Wildman–Crippen MR) is 119 cm³/mol. The lowest BCUT2D eigenvalue weighted by Gasteiger charge is -2.18. The van der Waals surface area contributed by atoms with Gasteiger partial charge in [0.05, 0.1) is 11.3 Å². The Bertz CT molecular complexity index is 1420. The molecule has 0 saturated heterocycles. The maximum absolute atomic E-state index is 13.1. The molecule has 1 aliphatic heterocycles. The second-order valence-corrected chi connectivity index (χ2v) is 9.43. The minimum atomic E-state index is -0.312. The van der Waals surface area contributed by atoms with Crippen LogP contribution in [0.2, 0.25) is 0 Å². The van der Waals surface area contributed by atoms with Crippen molar-refractivity contribution in [1.29, 1.82) is 0 Å². The summed E-state index contributed by atoms with van der Waals surface area (Å²) < 4.78 is 1.68. The fourth-order valence-electron chi connectivity index (χ4n) is 3.72. The maximum atomic E-state index is 13.1. The molecule has 0 spiro atoms. The van der Waals surface area contributed by atoms with Gasteiger partial charge in [-0.15, -0.1) is 5.10 Å². The molecule has 2 aromatic heterocycles. The highest BCUT2D eigenvalue weighted by atomic mass is 32.1. The van der Waals surface area contributed by atoms with Gasteiger partial charge >= 0.3 is 0 Å². The molecule has 5 rings (SSSR count). The van der Waals surface area contributed by atoms with Crippen molar-refractivity contribution in [2.45, 2.75) is 26.2 Å². The number of carbonyl (C=O) groups is 1. The standard InChI is InChI=1S/C23H20N4O2S/c1-23(2,3)14-11-9-13(10-12-14)19-24-22-27(25-19)21(29)18(30-22)17-15-7-5-6-8-16(15)26(4)20(17)28/h5-12H,1-4H3. The first-order valence-electron chi connectivity index (χ1n) is 9.68. The summed E-state index contributed by atoms with van der Waals surface area (Å²) in [5, 5.41) is 4.43. The lowest BCUT2D eigenvalue weighted by atomic mass is 9.87. The first-order valence-corrected chi connectivity index (χ1v) is 10.5. The van der Waals surface area contributed by atoms with E-state index in [2.05, 4.69) is 43.0 Å². The third-order valence-corrected chi connectivity index (χ3v) is 6.48. The van der Waals surface area contributed by atoms with Crippen LogP contribution in [0.25, 0.3) is 21.9 Å². The Kier molecular flexibility index (Phi) is 3.95. The smallest absolute Gasteiger partial charge is 0.291 e. The van der Waals surface area contributed by atoms with E-state index in [9.17, 15) is 9.59 Å². The molecule has 6 nitrogen and oxygen atoms in total. The summed E-state index contributed by atoms with van der Waals surface area (Å²) in [4.78, 5) is 32.5. The third-order valence-electron chi connectivity index (χ3n) is 5.45. The number of fused-ring (bicyclic) bond motifs is 2. The van der Waals surface area contributed by atoms with E-state index in [4.69, 9.17) is 0 Å². The van der Waals surface area contributed by atoms with Crippen molar-refractivity contribution >= 4 is 33.5 Å². The van der Waals surface area contributed by atoms with Crippen LogP contribution in [0.5, 0.6) is 0 Å². The Hall–Kier alpha value is -3.32. The number of thiazole rings is 1. The number of anilines is 1. The SMILES string of the molecule is CN1C(=O)C(=c2sc3nc(-c4ccc(C(C)(C)C)cc4)nn3c2=O)c2ccccc21. The van der Waals surface area contributed by atoms with E-state index in [-0.39, 0.29) is 16.9 Å². The van der Waals surface area contributed by atoms with Gasteiger partial charge in [-0.1, -0.05) is 74.6 Å². The van der Waals surface area contributed by atoms with Crippen LogP contribution >= 0.6 is 11.3 Å². The molecule has 0 radical (unpaired) electrons. The molecule has 2 aromatic carbocycles. The number of aromatic nitrogens is 3. The van der Waals surface area contributed by atoms with Gasteiger partial charge in [0.2, 0.25) is 4.96 Å². The summed E-state index contributed by atoms with van der Waals surface area (Å²) in [5.41, 5.74) is 3.82. The fraction of sp³-hybridized carbons (Fsp3) is 0.217. The Morgan fingerprint density at radius 1 is 0.967 bits per heavy atom. The number of likely N-dealkylation sites (N-methyl/N-ethyl adjacent to an activating group) is 1. The molecule has 3 heterocycles. The number of hydrogen-bond acceptors (Lipinski definition) is 5. The van der Waals surface area contributed by atoms with Gasteiger partial charge in [0.25, 0.3) is 11.5 Å². The van der Waals surface area contributed by atoms with Gasteiger partial charge in [-0.3, -0.25) is 9.59 Å². The maximum Gasteiger partial charge on any atom is 0.291 e. The molecule has 7 heteroatoms. The first kappa shape index (κ1) is 18.7. The van der Waals surface area contributed by atoms with Gasteiger partial charge in [-0.2, -0.15) is 9.50 Å². The summed E-state index contributed by atoms with van der Waals surface area (Å²) in [6, 6.07) is 15.6. The van der Waals surface area contributed by atoms with Crippen LogP contribution < -0.4 is 15.0 Å². The largest absolute Gasteiger partial charge is 0.311 e. The van der Waals surface area contributed by atoms with Gasteiger partial charge < -0.3 is 4.90 Å². The summed E-state index contributed by atoms with van der Waals surface area (Å²) in [7, 11) is 1.72. The summed E-state index contributed by atoms with van der Waals surface area (Å²) in [6.07, 6.45) is 0. The number of benzene rings is 2. The zero-order valence-electron chi connectivity index (χ0n) is 17.1. The van der Waals surface area contributed by atoms with E-state index in [0.29, 0.717) is 20.9 Å². The monoisotopic (exact) mass is 416 g/mol. The van der Waals surface area contributed by atoms with Crippen molar-refractivity contribution in [1.82, 2.24) is 14.6 Å². The number of para-hydroxylation sites is 1. The van der Waals surface area contributed by atoms with Crippen molar-refractivity contribution in [3.05, 3.63) is 74.5 Å². The van der Waals surface area contributed by atoms with Crippen molar-refractivity contribution in [3.8, 4) is 11.4 Å². The fourth-order valence-corrected chi connectivity index (χ4v) is 4.71. The minimum absolute atomic E-state index is 0.0616. The number of hydrogen-bond donors (Lipinski definition) is 0. The highest BCUT2D eigenvalue weighted by molar-refractivity contribution is 7.15. The van der Waals surface area contributed by atoms with Crippen LogP contribution in [-0.2, 0) is 10.2 Å². The van der Waals surface area contributed by atoms with Gasteiger partial charge in [-0.05, 0) is 17.0 Å². The molecule has 0 N–H and O–H groups in total. The quantitative estimate of drug-likeness (QED) is 0.478. The lowest BCUT2D eigenvalue weighted by Crippen LogP contribution is -2.30. The molecule has 150 valence electrons. The van der Waals surface area contributed by atoms with E-state index in [0.717, 1.165) is 16.8 Å². The average molecular weight is 417 g/mol. The molecule has 1 amide bonds. The Balaban J connectivity index is 1.65. The average Bonchev–Trinajstić information content (AvgIpc) is 3.34. The molecule has 0 aliphatic carbocycles. The molecule has 0 fully saturated rings. The lowest BCUT2D eigenvalue weighted by molar-refractivity contribution is -0.112.